The van der Waals surface area contributed by atoms with Gasteiger partial charge in [-0.15, -0.1) is 0 Å². The molecule has 1 aliphatic heterocycles. The van der Waals surface area contributed by atoms with Crippen molar-refractivity contribution >= 4 is 22.8 Å². The summed E-state index contributed by atoms with van der Waals surface area (Å²) in [5.41, 5.74) is 1.04. The number of fused-ring (bicyclic) bond motifs is 3. The molecule has 2 aromatic rings. The van der Waals surface area contributed by atoms with Gasteiger partial charge in [0.25, 0.3) is 5.56 Å². The largest absolute Gasteiger partial charge is 0.332 e. The molecule has 1 atom stereocenters. The van der Waals surface area contributed by atoms with Crippen molar-refractivity contribution < 1.29 is 0 Å². The molecule has 8 nitrogen and oxygen atoms in total. The number of aryl methyl sites for hydroxylation is 1. The van der Waals surface area contributed by atoms with Crippen molar-refractivity contribution in [3.05, 3.63) is 33.0 Å². The van der Waals surface area contributed by atoms with E-state index in [1.165, 1.54) is 9.13 Å². The highest BCUT2D eigenvalue weighted by Gasteiger charge is 2.31. The number of hydrazone groups is 1. The van der Waals surface area contributed by atoms with Crippen LogP contribution in [0.5, 0.6) is 0 Å². The van der Waals surface area contributed by atoms with Gasteiger partial charge in [0, 0.05) is 13.6 Å². The molecule has 0 aromatic carbocycles. The summed E-state index contributed by atoms with van der Waals surface area (Å²) in [6, 6.07) is -0.0179. The first-order valence-corrected chi connectivity index (χ1v) is 8.46. The SMILES string of the molecule is C/C=C/Cn1c(=O)c2c(nc3n2C(C)C(C)=NN3C(C)C)n(C)c1=O. The van der Waals surface area contributed by atoms with E-state index in [2.05, 4.69) is 10.1 Å². The topological polar surface area (TPSA) is 77.4 Å². The molecule has 1 aliphatic rings. The molecule has 134 valence electrons. The van der Waals surface area contributed by atoms with Gasteiger partial charge in [-0.2, -0.15) is 10.1 Å². The second-order valence-electron chi connectivity index (χ2n) is 6.64. The number of anilines is 1. The van der Waals surface area contributed by atoms with Crippen molar-refractivity contribution in [2.24, 2.45) is 12.1 Å². The van der Waals surface area contributed by atoms with Crippen molar-refractivity contribution in [1.29, 1.82) is 0 Å². The fourth-order valence-corrected chi connectivity index (χ4v) is 3.06. The van der Waals surface area contributed by atoms with Crippen LogP contribution in [0.25, 0.3) is 11.2 Å². The molecule has 0 N–H and O–H groups in total. The van der Waals surface area contributed by atoms with E-state index in [-0.39, 0.29) is 29.9 Å². The van der Waals surface area contributed by atoms with Crippen LogP contribution in [-0.2, 0) is 13.6 Å². The molecule has 0 saturated heterocycles. The minimum Gasteiger partial charge on any atom is -0.294 e. The van der Waals surface area contributed by atoms with E-state index in [0.29, 0.717) is 17.1 Å². The molecule has 3 rings (SSSR count). The molecule has 0 bridgehead atoms. The highest BCUT2D eigenvalue weighted by atomic mass is 16.2. The third-order valence-corrected chi connectivity index (χ3v) is 4.63. The lowest BCUT2D eigenvalue weighted by Crippen LogP contribution is -2.40. The van der Waals surface area contributed by atoms with Crippen molar-refractivity contribution in [3.8, 4) is 0 Å². The predicted octanol–water partition coefficient (Wildman–Crippen LogP) is 1.64. The zero-order valence-electron chi connectivity index (χ0n) is 15.5. The molecule has 0 saturated carbocycles. The molecule has 2 aromatic heterocycles. The van der Waals surface area contributed by atoms with Crippen molar-refractivity contribution in [1.82, 2.24) is 18.7 Å². The summed E-state index contributed by atoms with van der Waals surface area (Å²) in [4.78, 5) is 30.2. The first-order chi connectivity index (χ1) is 11.8. The second-order valence-corrected chi connectivity index (χ2v) is 6.64. The van der Waals surface area contributed by atoms with Crippen LogP contribution in [0.2, 0.25) is 0 Å². The van der Waals surface area contributed by atoms with Crippen LogP contribution in [0.3, 0.4) is 0 Å². The Hall–Kier alpha value is -2.64. The number of allylic oxidation sites excluding steroid dienone is 2. The fraction of sp³-hybridized carbons (Fsp3) is 0.529. The molecule has 0 aliphatic carbocycles. The first kappa shape index (κ1) is 17.2. The summed E-state index contributed by atoms with van der Waals surface area (Å²) in [5.74, 6) is 0.596. The Morgan fingerprint density at radius 3 is 2.56 bits per heavy atom. The minimum absolute atomic E-state index is 0.0836. The molecule has 0 amide bonds. The minimum atomic E-state index is -0.368. The zero-order valence-corrected chi connectivity index (χ0v) is 15.5. The van der Waals surface area contributed by atoms with E-state index < -0.39 is 0 Å². The molecule has 3 heterocycles. The van der Waals surface area contributed by atoms with E-state index in [4.69, 9.17) is 0 Å². The smallest absolute Gasteiger partial charge is 0.294 e. The molecule has 0 spiro atoms. The van der Waals surface area contributed by atoms with Crippen LogP contribution in [0.4, 0.5) is 5.95 Å². The van der Waals surface area contributed by atoms with E-state index in [1.54, 1.807) is 18.1 Å². The number of rotatable bonds is 3. The van der Waals surface area contributed by atoms with E-state index in [9.17, 15) is 9.59 Å². The Bertz CT molecular complexity index is 1000. The highest BCUT2D eigenvalue weighted by Crippen LogP contribution is 2.30. The van der Waals surface area contributed by atoms with Crippen LogP contribution >= 0.6 is 0 Å². The van der Waals surface area contributed by atoms with Gasteiger partial charge in [0.2, 0.25) is 5.95 Å². The summed E-state index contributed by atoms with van der Waals surface area (Å²) in [7, 11) is 1.65. The number of hydrogen-bond acceptors (Lipinski definition) is 5. The van der Waals surface area contributed by atoms with Crippen molar-refractivity contribution in [2.75, 3.05) is 5.01 Å². The lowest BCUT2D eigenvalue weighted by atomic mass is 10.2. The Balaban J connectivity index is 2.43. The molecule has 25 heavy (non-hydrogen) atoms. The molecular formula is C17H24N6O2. The van der Waals surface area contributed by atoms with Gasteiger partial charge in [0.15, 0.2) is 11.2 Å². The van der Waals surface area contributed by atoms with Crippen LogP contribution in [0, 0.1) is 0 Å². The quantitative estimate of drug-likeness (QED) is 0.793. The van der Waals surface area contributed by atoms with Crippen molar-refractivity contribution in [3.63, 3.8) is 0 Å². The van der Waals surface area contributed by atoms with Crippen molar-refractivity contribution in [2.45, 2.75) is 53.2 Å². The first-order valence-electron chi connectivity index (χ1n) is 8.46. The van der Waals surface area contributed by atoms with E-state index in [1.807, 2.05) is 45.3 Å². The van der Waals surface area contributed by atoms with Gasteiger partial charge in [-0.1, -0.05) is 12.2 Å². The molecule has 1 unspecified atom stereocenters. The summed E-state index contributed by atoms with van der Waals surface area (Å²) in [6.07, 6.45) is 3.61. The Labute approximate surface area is 145 Å². The second kappa shape index (κ2) is 6.02. The number of nitrogens with zero attached hydrogens (tertiary/aromatic N) is 6. The third-order valence-electron chi connectivity index (χ3n) is 4.63. The van der Waals surface area contributed by atoms with Crippen LogP contribution in [-0.4, -0.2) is 30.4 Å². The Kier molecular flexibility index (Phi) is 4.14. The summed E-state index contributed by atoms with van der Waals surface area (Å²) >= 11 is 0. The van der Waals surface area contributed by atoms with Crippen LogP contribution < -0.4 is 16.3 Å². The lowest BCUT2D eigenvalue weighted by Gasteiger charge is -2.31. The van der Waals surface area contributed by atoms with Gasteiger partial charge in [0.05, 0.1) is 17.8 Å². The van der Waals surface area contributed by atoms with Crippen LogP contribution in [0.15, 0.2) is 26.8 Å². The molecule has 0 radical (unpaired) electrons. The van der Waals surface area contributed by atoms with Gasteiger partial charge < -0.3 is 0 Å². The van der Waals surface area contributed by atoms with Crippen LogP contribution in [0.1, 0.15) is 40.7 Å². The molecule has 0 fully saturated rings. The van der Waals surface area contributed by atoms with E-state index >= 15 is 0 Å². The Morgan fingerprint density at radius 2 is 1.96 bits per heavy atom. The number of imidazole rings is 1. The van der Waals surface area contributed by atoms with Gasteiger partial charge in [-0.3, -0.25) is 18.5 Å². The maximum absolute atomic E-state index is 13.1. The number of hydrogen-bond donors (Lipinski definition) is 0. The lowest BCUT2D eigenvalue weighted by molar-refractivity contribution is 0.596. The zero-order chi connectivity index (χ0) is 18.5. The maximum Gasteiger partial charge on any atom is 0.332 e. The molecular weight excluding hydrogens is 320 g/mol. The third kappa shape index (κ3) is 2.43. The molecule has 8 heteroatoms. The summed E-state index contributed by atoms with van der Waals surface area (Å²) < 4.78 is 4.57. The highest BCUT2D eigenvalue weighted by molar-refractivity contribution is 5.91. The van der Waals surface area contributed by atoms with Gasteiger partial charge in [-0.25, -0.2) is 9.80 Å². The normalized spacial score (nSPS) is 17.6. The van der Waals surface area contributed by atoms with Gasteiger partial charge >= 0.3 is 5.69 Å². The maximum atomic E-state index is 13.1. The summed E-state index contributed by atoms with van der Waals surface area (Å²) in [5, 5.41) is 6.41. The fourth-order valence-electron chi connectivity index (χ4n) is 3.06. The number of aromatic nitrogens is 4. The standard InChI is InChI=1S/C17H24N6O2/c1-7-8-9-21-15(24)13-14(20(6)17(21)25)18-16-22(13)12(5)11(4)19-23(16)10(2)3/h7-8,10,12H,9H2,1-6H3/b8-7+. The van der Waals surface area contributed by atoms with Gasteiger partial charge in [-0.05, 0) is 34.6 Å². The Morgan fingerprint density at radius 1 is 1.28 bits per heavy atom. The predicted molar refractivity (Wildman–Crippen MR) is 99.5 cm³/mol. The van der Waals surface area contributed by atoms with E-state index in [0.717, 1.165) is 5.71 Å². The summed E-state index contributed by atoms with van der Waals surface area (Å²) in [6.45, 7) is 10.1. The monoisotopic (exact) mass is 344 g/mol. The average Bonchev–Trinajstić information content (AvgIpc) is 2.97. The average molecular weight is 344 g/mol. The van der Waals surface area contributed by atoms with Gasteiger partial charge in [0.1, 0.15) is 0 Å².